The van der Waals surface area contributed by atoms with Gasteiger partial charge in [0.05, 0.1) is 18.1 Å². The van der Waals surface area contributed by atoms with Gasteiger partial charge in [0, 0.05) is 11.3 Å². The van der Waals surface area contributed by atoms with E-state index in [2.05, 4.69) is 20.2 Å². The predicted molar refractivity (Wildman–Crippen MR) is 105 cm³/mol. The van der Waals surface area contributed by atoms with Crippen molar-refractivity contribution in [3.05, 3.63) is 16.3 Å². The van der Waals surface area contributed by atoms with E-state index < -0.39 is 17.2 Å². The highest BCUT2D eigenvalue weighted by Gasteiger charge is 2.77. The topological polar surface area (TPSA) is 104 Å². The van der Waals surface area contributed by atoms with Gasteiger partial charge < -0.3 is 19.3 Å². The van der Waals surface area contributed by atoms with Crippen LogP contribution < -0.4 is 5.32 Å². The molecule has 2 aromatic heterocycles. The summed E-state index contributed by atoms with van der Waals surface area (Å²) in [6, 6.07) is 0. The first kappa shape index (κ1) is 18.6. The van der Waals surface area contributed by atoms with E-state index in [-0.39, 0.29) is 5.91 Å². The van der Waals surface area contributed by atoms with E-state index in [0.29, 0.717) is 31.0 Å². The number of amides is 1. The minimum absolute atomic E-state index is 0.102. The van der Waals surface area contributed by atoms with Crippen LogP contribution in [0.1, 0.15) is 54.8 Å². The minimum atomic E-state index is -0.734. The van der Waals surface area contributed by atoms with Gasteiger partial charge in [-0.3, -0.25) is 4.79 Å². The molecule has 1 N–H and O–H groups in total. The maximum Gasteiger partial charge on any atom is 0.508 e. The molecule has 3 aliphatic rings. The normalized spacial score (nSPS) is 27.1. The number of methoxy groups -OCH3 is 1. The van der Waals surface area contributed by atoms with Crippen LogP contribution in [0, 0.1) is 12.3 Å². The molecule has 154 valence electrons. The van der Waals surface area contributed by atoms with Crippen LogP contribution in [-0.2, 0) is 27.1 Å². The van der Waals surface area contributed by atoms with Crippen molar-refractivity contribution in [1.82, 2.24) is 10.1 Å². The molecular weight excluding hydrogens is 394 g/mol. The average Bonchev–Trinajstić information content (AvgIpc) is 3.06. The van der Waals surface area contributed by atoms with Crippen molar-refractivity contribution in [2.45, 2.75) is 63.9 Å². The molecular formula is C20H23N3O5S. The van der Waals surface area contributed by atoms with E-state index in [9.17, 15) is 9.59 Å². The molecule has 0 aliphatic heterocycles. The number of aromatic nitrogens is 2. The molecule has 0 spiro atoms. The highest BCUT2D eigenvalue weighted by Crippen LogP contribution is 2.69. The van der Waals surface area contributed by atoms with E-state index in [0.717, 1.165) is 42.7 Å². The van der Waals surface area contributed by atoms with Crippen molar-refractivity contribution in [2.24, 2.45) is 5.41 Å². The Morgan fingerprint density at radius 1 is 1.21 bits per heavy atom. The van der Waals surface area contributed by atoms with Crippen molar-refractivity contribution in [3.8, 4) is 11.5 Å². The monoisotopic (exact) mass is 417 g/mol. The number of aryl methyl sites for hydroxylation is 2. The number of ether oxygens (including phenoxy) is 2. The Morgan fingerprint density at radius 3 is 2.79 bits per heavy atom. The molecule has 1 amide bonds. The van der Waals surface area contributed by atoms with E-state index in [1.807, 2.05) is 0 Å². The van der Waals surface area contributed by atoms with Gasteiger partial charge in [0.1, 0.15) is 10.6 Å². The standard InChI is InChI=1S/C20H23N3O5S/c1-11-21-15(28-23-11)14-12-6-3-4-7-13(12)29-16(14)22-17(24)19-8-5-9-20(19,10-19)27-18(25)26-2/h3-10H2,1-2H3,(H,22,24). The molecule has 2 saturated carbocycles. The summed E-state index contributed by atoms with van der Waals surface area (Å²) in [5, 5.41) is 7.82. The number of nitrogens with zero attached hydrogens (tertiary/aromatic N) is 2. The van der Waals surface area contributed by atoms with Gasteiger partial charge in [0.2, 0.25) is 5.91 Å². The molecule has 3 aliphatic carbocycles. The van der Waals surface area contributed by atoms with Crippen LogP contribution in [0.3, 0.4) is 0 Å². The van der Waals surface area contributed by atoms with Crippen molar-refractivity contribution in [2.75, 3.05) is 12.4 Å². The SMILES string of the molecule is COC(=O)OC12CCCC1(C(=O)Nc1sc3c(c1-c1nc(C)no1)CCCC3)C2. The molecule has 2 heterocycles. The summed E-state index contributed by atoms with van der Waals surface area (Å²) in [7, 11) is 1.28. The first-order chi connectivity index (χ1) is 14.0. The third-order valence-electron chi connectivity index (χ3n) is 6.54. The predicted octanol–water partition coefficient (Wildman–Crippen LogP) is 4.02. The maximum atomic E-state index is 13.4. The zero-order chi connectivity index (χ0) is 20.2. The number of hydrogen-bond donors (Lipinski definition) is 1. The number of thiophene rings is 1. The Kier molecular flexibility index (Phi) is 4.20. The van der Waals surface area contributed by atoms with Crippen LogP contribution in [0.15, 0.2) is 4.52 Å². The van der Waals surface area contributed by atoms with Crippen LogP contribution in [-0.4, -0.2) is 34.9 Å². The van der Waals surface area contributed by atoms with Gasteiger partial charge in [-0.1, -0.05) is 5.16 Å². The first-order valence-corrected chi connectivity index (χ1v) is 10.8. The lowest BCUT2D eigenvalue weighted by molar-refractivity contribution is -0.123. The molecule has 2 atom stereocenters. The van der Waals surface area contributed by atoms with E-state index in [4.69, 9.17) is 9.26 Å². The van der Waals surface area contributed by atoms with Gasteiger partial charge in [-0.15, -0.1) is 11.3 Å². The Bertz CT molecular complexity index is 998. The summed E-state index contributed by atoms with van der Waals surface area (Å²) < 4.78 is 15.6. The molecule has 0 bridgehead atoms. The fraction of sp³-hybridized carbons (Fsp3) is 0.600. The number of fused-ring (bicyclic) bond motifs is 2. The van der Waals surface area contributed by atoms with E-state index in [1.165, 1.54) is 17.6 Å². The number of nitrogens with one attached hydrogen (secondary N) is 1. The summed E-state index contributed by atoms with van der Waals surface area (Å²) >= 11 is 1.60. The maximum absolute atomic E-state index is 13.4. The Labute approximate surface area is 172 Å². The fourth-order valence-electron chi connectivity index (χ4n) is 5.05. The molecule has 29 heavy (non-hydrogen) atoms. The Hall–Kier alpha value is -2.42. The van der Waals surface area contributed by atoms with Gasteiger partial charge in [0.25, 0.3) is 5.89 Å². The fourth-order valence-corrected chi connectivity index (χ4v) is 6.33. The molecule has 8 nitrogen and oxygen atoms in total. The van der Waals surface area contributed by atoms with Crippen LogP contribution >= 0.6 is 11.3 Å². The lowest BCUT2D eigenvalue weighted by Gasteiger charge is -2.18. The quantitative estimate of drug-likeness (QED) is 0.749. The molecule has 2 fully saturated rings. The number of rotatable bonds is 4. The number of hydrogen-bond acceptors (Lipinski definition) is 8. The molecule has 2 unspecified atom stereocenters. The van der Waals surface area contributed by atoms with Gasteiger partial charge in [-0.25, -0.2) is 4.79 Å². The van der Waals surface area contributed by atoms with Crippen LogP contribution in [0.4, 0.5) is 9.80 Å². The van der Waals surface area contributed by atoms with Crippen LogP contribution in [0.5, 0.6) is 0 Å². The highest BCUT2D eigenvalue weighted by molar-refractivity contribution is 7.17. The van der Waals surface area contributed by atoms with Gasteiger partial charge >= 0.3 is 6.16 Å². The highest BCUT2D eigenvalue weighted by atomic mass is 32.1. The second-order valence-electron chi connectivity index (χ2n) is 8.18. The van der Waals surface area contributed by atoms with Gasteiger partial charge in [0.15, 0.2) is 5.82 Å². The van der Waals surface area contributed by atoms with Crippen LogP contribution in [0.25, 0.3) is 11.5 Å². The Morgan fingerprint density at radius 2 is 2.03 bits per heavy atom. The number of anilines is 1. The zero-order valence-corrected chi connectivity index (χ0v) is 17.3. The molecule has 2 aromatic rings. The number of carbonyl (C=O) groups excluding carboxylic acids is 2. The van der Waals surface area contributed by atoms with E-state index >= 15 is 0 Å². The molecule has 0 saturated heterocycles. The second-order valence-corrected chi connectivity index (χ2v) is 9.28. The molecule has 9 heteroatoms. The van der Waals surface area contributed by atoms with Crippen LogP contribution in [0.2, 0.25) is 0 Å². The van der Waals surface area contributed by atoms with Gasteiger partial charge in [-0.2, -0.15) is 4.98 Å². The molecule has 0 aromatic carbocycles. The van der Waals surface area contributed by atoms with Crippen molar-refractivity contribution >= 4 is 28.4 Å². The summed E-state index contributed by atoms with van der Waals surface area (Å²) in [5.41, 5.74) is 0.654. The molecule has 5 rings (SSSR count). The lowest BCUT2D eigenvalue weighted by Crippen LogP contribution is -2.32. The summed E-state index contributed by atoms with van der Waals surface area (Å²) in [4.78, 5) is 30.7. The zero-order valence-electron chi connectivity index (χ0n) is 16.5. The largest absolute Gasteiger partial charge is 0.508 e. The summed E-state index contributed by atoms with van der Waals surface area (Å²) in [6.45, 7) is 1.78. The van der Waals surface area contributed by atoms with E-state index in [1.54, 1.807) is 18.3 Å². The summed E-state index contributed by atoms with van der Waals surface area (Å²) in [5.74, 6) is 0.916. The second kappa shape index (κ2) is 6.55. The van der Waals surface area contributed by atoms with Gasteiger partial charge in [-0.05, 0) is 57.4 Å². The minimum Gasteiger partial charge on any atom is -0.438 e. The third-order valence-corrected chi connectivity index (χ3v) is 7.75. The number of carbonyl (C=O) groups is 2. The van der Waals surface area contributed by atoms with Crippen molar-refractivity contribution in [1.29, 1.82) is 0 Å². The first-order valence-electron chi connectivity index (χ1n) is 10.0. The Balaban J connectivity index is 1.46. The summed E-state index contributed by atoms with van der Waals surface area (Å²) in [6.07, 6.45) is 6.25. The smallest absolute Gasteiger partial charge is 0.438 e. The van der Waals surface area contributed by atoms with Crippen molar-refractivity contribution in [3.63, 3.8) is 0 Å². The van der Waals surface area contributed by atoms with Crippen molar-refractivity contribution < 1.29 is 23.6 Å². The average molecular weight is 417 g/mol. The lowest BCUT2D eigenvalue weighted by atomic mass is 9.95. The molecule has 0 radical (unpaired) electrons. The third kappa shape index (κ3) is 2.78.